The molecule has 8 heteroatoms. The number of nitro groups is 1. The minimum atomic E-state index is -0.515. The predicted molar refractivity (Wildman–Crippen MR) is 70.0 cm³/mol. The summed E-state index contributed by atoms with van der Waals surface area (Å²) < 4.78 is 4.89. The van der Waals surface area contributed by atoms with Gasteiger partial charge < -0.3 is 4.18 Å². The Kier molecular flexibility index (Phi) is 6.51. The highest BCUT2D eigenvalue weighted by atomic mass is 33.1. The lowest BCUT2D eigenvalue weighted by atomic mass is 10.3. The Labute approximate surface area is 112 Å². The summed E-state index contributed by atoms with van der Waals surface area (Å²) >= 11 is 0.914. The van der Waals surface area contributed by atoms with E-state index in [0.29, 0.717) is 11.4 Å². The van der Waals surface area contributed by atoms with Crippen molar-refractivity contribution in [2.24, 2.45) is 0 Å². The van der Waals surface area contributed by atoms with E-state index in [2.05, 4.69) is 4.98 Å². The number of aromatic nitrogens is 1. The maximum absolute atomic E-state index is 11.2. The molecule has 0 N–H and O–H groups in total. The van der Waals surface area contributed by atoms with Crippen molar-refractivity contribution in [2.75, 3.05) is 0 Å². The van der Waals surface area contributed by atoms with Crippen molar-refractivity contribution >= 4 is 33.5 Å². The Morgan fingerprint density at radius 3 is 2.89 bits per heavy atom. The van der Waals surface area contributed by atoms with Crippen molar-refractivity contribution in [3.63, 3.8) is 0 Å². The summed E-state index contributed by atoms with van der Waals surface area (Å²) in [6, 6.07) is 2.87. The lowest BCUT2D eigenvalue weighted by molar-refractivity contribution is -0.385. The maximum Gasteiger partial charge on any atom is 0.318 e. The van der Waals surface area contributed by atoms with Crippen LogP contribution in [0.2, 0.25) is 0 Å². The van der Waals surface area contributed by atoms with Gasteiger partial charge in [0, 0.05) is 23.3 Å². The van der Waals surface area contributed by atoms with Crippen molar-refractivity contribution in [3.05, 3.63) is 28.4 Å². The lowest BCUT2D eigenvalue weighted by Gasteiger charge is -2.00. The fourth-order valence-corrected chi connectivity index (χ4v) is 2.30. The second-order valence-corrected chi connectivity index (χ2v) is 5.12. The molecule has 18 heavy (non-hydrogen) atoms. The van der Waals surface area contributed by atoms with E-state index in [1.165, 1.54) is 18.3 Å². The van der Waals surface area contributed by atoms with Gasteiger partial charge in [0.2, 0.25) is 0 Å². The Bertz CT molecular complexity index is 411. The molecule has 0 spiro atoms. The van der Waals surface area contributed by atoms with Gasteiger partial charge in [-0.2, -0.15) is 0 Å². The monoisotopic (exact) mass is 288 g/mol. The number of carbonyl (C=O) groups is 1. The fraction of sp³-hybridized carbons (Fsp3) is 0.400. The zero-order valence-electron chi connectivity index (χ0n) is 9.70. The van der Waals surface area contributed by atoms with Gasteiger partial charge in [0.25, 0.3) is 5.69 Å². The second kappa shape index (κ2) is 7.93. The molecule has 6 nitrogen and oxygen atoms in total. The van der Waals surface area contributed by atoms with E-state index < -0.39 is 4.92 Å². The van der Waals surface area contributed by atoms with E-state index in [1.807, 2.05) is 6.92 Å². The van der Waals surface area contributed by atoms with E-state index in [4.69, 9.17) is 4.18 Å². The van der Waals surface area contributed by atoms with Crippen LogP contribution in [-0.4, -0.2) is 15.9 Å². The summed E-state index contributed by atoms with van der Waals surface area (Å²) in [5.41, 5.74) is -0.0655. The van der Waals surface area contributed by atoms with Crippen molar-refractivity contribution in [3.8, 4) is 0 Å². The molecule has 1 aromatic rings. The Morgan fingerprint density at radius 2 is 2.33 bits per heavy atom. The average Bonchev–Trinajstić information content (AvgIpc) is 2.37. The Hall–Kier alpha value is -1.28. The van der Waals surface area contributed by atoms with Crippen LogP contribution in [0.3, 0.4) is 0 Å². The maximum atomic E-state index is 11.2. The molecule has 0 atom stereocenters. The summed E-state index contributed by atoms with van der Waals surface area (Å²) in [7, 11) is 1.14. The molecule has 1 rings (SSSR count). The number of hydrogen-bond acceptors (Lipinski definition) is 7. The summed E-state index contributed by atoms with van der Waals surface area (Å²) in [5, 5.41) is 11.0. The molecule has 1 heterocycles. The molecule has 0 fully saturated rings. The molecular formula is C10H12N2O4S2. The van der Waals surface area contributed by atoms with Crippen LogP contribution < -0.4 is 0 Å². The van der Waals surface area contributed by atoms with E-state index in [-0.39, 0.29) is 11.7 Å². The number of unbranched alkanes of at least 4 members (excludes halogenated alkanes) is 1. The molecule has 0 aliphatic rings. The van der Waals surface area contributed by atoms with Crippen LogP contribution in [0.25, 0.3) is 0 Å². The smallest absolute Gasteiger partial charge is 0.318 e. The van der Waals surface area contributed by atoms with Gasteiger partial charge in [-0.25, -0.2) is 4.98 Å². The van der Waals surface area contributed by atoms with Crippen LogP contribution in [0.4, 0.5) is 5.69 Å². The SMILES string of the molecule is CCCCC(=O)OSSc1ccc([N+](=O)[O-])cn1. The van der Waals surface area contributed by atoms with Crippen molar-refractivity contribution in [2.45, 2.75) is 31.2 Å². The first-order valence-corrected chi connectivity index (χ1v) is 7.35. The highest BCUT2D eigenvalue weighted by Crippen LogP contribution is 2.31. The Balaban J connectivity index is 2.31. The molecule has 98 valence electrons. The van der Waals surface area contributed by atoms with Crippen LogP contribution in [0.1, 0.15) is 26.2 Å². The van der Waals surface area contributed by atoms with E-state index in [9.17, 15) is 14.9 Å². The van der Waals surface area contributed by atoms with Crippen molar-refractivity contribution in [1.29, 1.82) is 0 Å². The van der Waals surface area contributed by atoms with Crippen LogP contribution in [0.15, 0.2) is 23.4 Å². The first-order valence-electron chi connectivity index (χ1n) is 5.28. The van der Waals surface area contributed by atoms with Crippen LogP contribution >= 0.6 is 21.9 Å². The molecule has 0 radical (unpaired) electrons. The van der Waals surface area contributed by atoms with Crippen molar-refractivity contribution in [1.82, 2.24) is 4.98 Å². The average molecular weight is 288 g/mol. The van der Waals surface area contributed by atoms with Crippen LogP contribution in [-0.2, 0) is 8.98 Å². The lowest BCUT2D eigenvalue weighted by Crippen LogP contribution is -1.96. The van der Waals surface area contributed by atoms with Gasteiger partial charge in [0.05, 0.1) is 4.92 Å². The summed E-state index contributed by atoms with van der Waals surface area (Å²) in [6.45, 7) is 2.00. The number of nitrogens with zero attached hydrogens (tertiary/aromatic N) is 2. The van der Waals surface area contributed by atoms with Gasteiger partial charge >= 0.3 is 5.97 Å². The molecule has 0 saturated carbocycles. The first-order chi connectivity index (χ1) is 8.63. The molecule has 0 unspecified atom stereocenters. The minimum absolute atomic E-state index is 0.0655. The molecule has 0 aromatic carbocycles. The normalized spacial score (nSPS) is 10.1. The van der Waals surface area contributed by atoms with Gasteiger partial charge in [-0.05, 0) is 12.5 Å². The number of hydrogen-bond donors (Lipinski definition) is 0. The van der Waals surface area contributed by atoms with Gasteiger partial charge in [0.15, 0.2) is 0 Å². The molecule has 0 amide bonds. The zero-order chi connectivity index (χ0) is 13.4. The molecule has 0 saturated heterocycles. The summed E-state index contributed by atoms with van der Waals surface area (Å²) in [6.07, 6.45) is 3.32. The van der Waals surface area contributed by atoms with E-state index >= 15 is 0 Å². The molecule has 0 bridgehead atoms. The van der Waals surface area contributed by atoms with Gasteiger partial charge in [-0.3, -0.25) is 14.9 Å². The molecular weight excluding hydrogens is 276 g/mol. The highest BCUT2D eigenvalue weighted by Gasteiger charge is 2.07. The highest BCUT2D eigenvalue weighted by molar-refractivity contribution is 8.75. The van der Waals surface area contributed by atoms with E-state index in [0.717, 1.165) is 34.7 Å². The quantitative estimate of drug-likeness (QED) is 0.329. The van der Waals surface area contributed by atoms with Crippen molar-refractivity contribution < 1.29 is 13.9 Å². The topological polar surface area (TPSA) is 82.3 Å². The minimum Gasteiger partial charge on any atom is -0.379 e. The number of pyridine rings is 1. The van der Waals surface area contributed by atoms with Crippen LogP contribution in [0, 0.1) is 10.1 Å². The fourth-order valence-electron chi connectivity index (χ4n) is 0.982. The molecule has 0 aliphatic heterocycles. The van der Waals surface area contributed by atoms with Gasteiger partial charge in [-0.1, -0.05) is 13.3 Å². The van der Waals surface area contributed by atoms with Gasteiger partial charge in [-0.15, -0.1) is 0 Å². The standard InChI is InChI=1S/C10H12N2O4S2/c1-2-3-4-10(13)16-18-17-9-6-5-8(7-11-9)12(14)15/h5-7H,2-4H2,1H3. The van der Waals surface area contributed by atoms with E-state index in [1.54, 1.807) is 0 Å². The molecule has 0 aliphatic carbocycles. The van der Waals surface area contributed by atoms with Gasteiger partial charge in [0.1, 0.15) is 22.3 Å². The largest absolute Gasteiger partial charge is 0.379 e. The third-order valence-electron chi connectivity index (χ3n) is 1.91. The third-order valence-corrected chi connectivity index (χ3v) is 3.57. The Morgan fingerprint density at radius 1 is 1.56 bits per heavy atom. The predicted octanol–water partition coefficient (Wildman–Crippen LogP) is 3.38. The molecule has 1 aromatic heterocycles. The second-order valence-electron chi connectivity index (χ2n) is 3.32. The zero-order valence-corrected chi connectivity index (χ0v) is 11.3. The summed E-state index contributed by atoms with van der Waals surface area (Å²) in [4.78, 5) is 24.9. The number of carbonyl (C=O) groups excluding carboxylic acids is 1. The van der Waals surface area contributed by atoms with Crippen LogP contribution in [0.5, 0.6) is 0 Å². The number of rotatable bonds is 7. The third kappa shape index (κ3) is 5.37. The first kappa shape index (κ1) is 14.8. The summed E-state index contributed by atoms with van der Waals surface area (Å²) in [5.74, 6) is -0.267.